The molecule has 0 aromatic heterocycles. The molecule has 35 heavy (non-hydrogen) atoms. The molecule has 5 rings (SSSR count). The number of hydrogen-bond donors (Lipinski definition) is 4. The fraction of sp³-hybridized carbons (Fsp3) is 0.900. The minimum atomic E-state index is -2.15. The number of carboxylic acid groups (broad SMARTS) is 1. The number of hydrogen-bond acceptors (Lipinski definition) is 4. The number of allylic oxidation sites excluding steroid dienone is 2. The molecule has 5 heteroatoms. The normalized spacial score (nSPS) is 51.7. The zero-order valence-corrected chi connectivity index (χ0v) is 22.9. The highest BCUT2D eigenvalue weighted by atomic mass is 16.5. The highest BCUT2D eigenvalue weighted by Crippen LogP contribution is 2.76. The lowest BCUT2D eigenvalue weighted by Gasteiger charge is -2.72. The standard InChI is InChI=1S/C30H48O5/c1-24(2)12-14-29(23(32)33)15-13-26(5)18(19(29)16-24)8-9-21-27(26,6)11-10-20-25(3,4)17-22(31)30(34,35)28(20,21)7/h8,19-22,31,34-35H,9-17H2,1-7H3,(H,32,33)/t19-,20-,21-,22?,26+,27+,28-,29-/m0/s1. The zero-order valence-electron chi connectivity index (χ0n) is 22.9. The van der Waals surface area contributed by atoms with Crippen LogP contribution in [-0.2, 0) is 4.79 Å². The molecule has 0 heterocycles. The van der Waals surface area contributed by atoms with Gasteiger partial charge in [0.2, 0.25) is 0 Å². The maximum absolute atomic E-state index is 12.8. The molecule has 0 aromatic carbocycles. The predicted molar refractivity (Wildman–Crippen MR) is 135 cm³/mol. The van der Waals surface area contributed by atoms with Crippen LogP contribution in [0, 0.1) is 50.2 Å². The van der Waals surface area contributed by atoms with Gasteiger partial charge in [0.15, 0.2) is 5.79 Å². The van der Waals surface area contributed by atoms with Crippen molar-refractivity contribution in [1.82, 2.24) is 0 Å². The van der Waals surface area contributed by atoms with Crippen molar-refractivity contribution < 1.29 is 25.2 Å². The van der Waals surface area contributed by atoms with Crippen LogP contribution in [0.2, 0.25) is 0 Å². The van der Waals surface area contributed by atoms with Crippen LogP contribution in [0.15, 0.2) is 11.6 Å². The molecule has 0 saturated heterocycles. The van der Waals surface area contributed by atoms with Gasteiger partial charge in [-0.1, -0.05) is 60.1 Å². The van der Waals surface area contributed by atoms with Gasteiger partial charge in [-0.15, -0.1) is 0 Å². The Bertz CT molecular complexity index is 964. The van der Waals surface area contributed by atoms with E-state index in [0.717, 1.165) is 38.5 Å². The summed E-state index contributed by atoms with van der Waals surface area (Å²) in [7, 11) is 0. The maximum Gasteiger partial charge on any atom is 0.310 e. The average Bonchev–Trinajstić information content (AvgIpc) is 2.72. The second kappa shape index (κ2) is 7.14. The van der Waals surface area contributed by atoms with Gasteiger partial charge in [-0.2, -0.15) is 0 Å². The van der Waals surface area contributed by atoms with E-state index < -0.39 is 28.7 Å². The van der Waals surface area contributed by atoms with Crippen LogP contribution in [0.1, 0.15) is 106 Å². The Hall–Kier alpha value is -0.910. The predicted octanol–water partition coefficient (Wildman–Crippen LogP) is 5.52. The first-order chi connectivity index (χ1) is 15.9. The first-order valence-corrected chi connectivity index (χ1v) is 14.0. The number of carbonyl (C=O) groups is 1. The highest BCUT2D eigenvalue weighted by Gasteiger charge is 2.74. The summed E-state index contributed by atoms with van der Waals surface area (Å²) in [6.45, 7) is 15.6. The van der Waals surface area contributed by atoms with Crippen molar-refractivity contribution in [2.75, 3.05) is 0 Å². The smallest absolute Gasteiger partial charge is 0.310 e. The van der Waals surface area contributed by atoms with E-state index in [0.29, 0.717) is 19.3 Å². The molecule has 0 aromatic rings. The van der Waals surface area contributed by atoms with Gasteiger partial charge in [0.25, 0.3) is 0 Å². The molecule has 0 amide bonds. The summed E-state index contributed by atoms with van der Waals surface area (Å²) < 4.78 is 0. The number of rotatable bonds is 1. The Morgan fingerprint density at radius 3 is 2.14 bits per heavy atom. The summed E-state index contributed by atoms with van der Waals surface area (Å²) in [5.41, 5.74) is -0.648. The van der Waals surface area contributed by atoms with Gasteiger partial charge >= 0.3 is 5.97 Å². The van der Waals surface area contributed by atoms with Crippen LogP contribution in [0.25, 0.3) is 0 Å². The summed E-state index contributed by atoms with van der Waals surface area (Å²) in [5, 5.41) is 44.5. The monoisotopic (exact) mass is 488 g/mol. The molecule has 1 unspecified atom stereocenters. The average molecular weight is 489 g/mol. The van der Waals surface area contributed by atoms with Crippen LogP contribution in [0.3, 0.4) is 0 Å². The van der Waals surface area contributed by atoms with Gasteiger partial charge in [-0.05, 0) is 97.2 Å². The molecule has 4 saturated carbocycles. The van der Waals surface area contributed by atoms with E-state index in [1.165, 1.54) is 5.57 Å². The molecule has 0 radical (unpaired) electrons. The molecule has 5 aliphatic rings. The van der Waals surface area contributed by atoms with Crippen molar-refractivity contribution in [3.8, 4) is 0 Å². The van der Waals surface area contributed by atoms with E-state index in [4.69, 9.17) is 0 Å². The van der Waals surface area contributed by atoms with Gasteiger partial charge in [0.1, 0.15) is 6.10 Å². The number of aliphatic carboxylic acids is 1. The van der Waals surface area contributed by atoms with Crippen LogP contribution in [0.4, 0.5) is 0 Å². The fourth-order valence-electron chi connectivity index (χ4n) is 10.7. The van der Waals surface area contributed by atoms with E-state index in [1.807, 2.05) is 6.92 Å². The van der Waals surface area contributed by atoms with E-state index in [9.17, 15) is 25.2 Å². The lowest BCUT2D eigenvalue weighted by Crippen LogP contribution is -2.73. The van der Waals surface area contributed by atoms with Crippen LogP contribution in [-0.4, -0.2) is 38.3 Å². The maximum atomic E-state index is 12.8. The molecule has 4 fully saturated rings. The molecule has 8 atom stereocenters. The number of carboxylic acids is 1. The topological polar surface area (TPSA) is 98.0 Å². The lowest BCUT2D eigenvalue weighted by atomic mass is 9.32. The van der Waals surface area contributed by atoms with Gasteiger partial charge in [-0.3, -0.25) is 4.79 Å². The number of fused-ring (bicyclic) bond motifs is 7. The first-order valence-electron chi connectivity index (χ1n) is 14.0. The summed E-state index contributed by atoms with van der Waals surface area (Å²) in [6.07, 6.45) is 8.25. The molecular formula is C30H48O5. The van der Waals surface area contributed by atoms with Crippen molar-refractivity contribution >= 4 is 5.97 Å². The quantitative estimate of drug-likeness (QED) is 0.288. The Morgan fingerprint density at radius 1 is 0.886 bits per heavy atom. The molecule has 198 valence electrons. The van der Waals surface area contributed by atoms with E-state index >= 15 is 0 Å². The van der Waals surface area contributed by atoms with Crippen LogP contribution < -0.4 is 0 Å². The lowest BCUT2D eigenvalue weighted by molar-refractivity contribution is -0.373. The molecule has 4 N–H and O–H groups in total. The highest BCUT2D eigenvalue weighted by molar-refractivity contribution is 5.76. The van der Waals surface area contributed by atoms with E-state index in [-0.39, 0.29) is 39.4 Å². The summed E-state index contributed by atoms with van der Waals surface area (Å²) in [6, 6.07) is 0. The second-order valence-electron chi connectivity index (χ2n) is 15.4. The third-order valence-electron chi connectivity index (χ3n) is 13.1. The van der Waals surface area contributed by atoms with E-state index in [2.05, 4.69) is 47.6 Å². The molecule has 0 aliphatic heterocycles. The molecule has 0 spiro atoms. The van der Waals surface area contributed by atoms with Crippen molar-refractivity contribution in [1.29, 1.82) is 0 Å². The minimum absolute atomic E-state index is 0.000605. The zero-order chi connectivity index (χ0) is 26.0. The Labute approximate surface area is 211 Å². The first kappa shape index (κ1) is 25.7. The van der Waals surface area contributed by atoms with Crippen LogP contribution >= 0.6 is 0 Å². The molecular weight excluding hydrogens is 440 g/mol. The molecule has 5 aliphatic carbocycles. The molecule has 0 bridgehead atoms. The van der Waals surface area contributed by atoms with E-state index in [1.54, 1.807) is 0 Å². The van der Waals surface area contributed by atoms with Gasteiger partial charge in [0.05, 0.1) is 5.41 Å². The summed E-state index contributed by atoms with van der Waals surface area (Å²) >= 11 is 0. The van der Waals surface area contributed by atoms with Crippen molar-refractivity contribution in [2.45, 2.75) is 118 Å². The largest absolute Gasteiger partial charge is 0.481 e. The third-order valence-corrected chi connectivity index (χ3v) is 13.1. The minimum Gasteiger partial charge on any atom is -0.481 e. The number of aliphatic hydroxyl groups excluding tert-OH is 1. The third kappa shape index (κ3) is 2.95. The Kier molecular flexibility index (Phi) is 5.25. The second-order valence-corrected chi connectivity index (χ2v) is 15.4. The Morgan fingerprint density at radius 2 is 1.51 bits per heavy atom. The number of aliphatic hydroxyl groups is 3. The van der Waals surface area contributed by atoms with Gasteiger partial charge in [-0.25, -0.2) is 0 Å². The molecule has 5 nitrogen and oxygen atoms in total. The van der Waals surface area contributed by atoms with Gasteiger partial charge < -0.3 is 20.4 Å². The Balaban J connectivity index is 1.66. The summed E-state index contributed by atoms with van der Waals surface area (Å²) in [5.74, 6) is -2.65. The summed E-state index contributed by atoms with van der Waals surface area (Å²) in [4.78, 5) is 12.8. The van der Waals surface area contributed by atoms with Gasteiger partial charge in [0, 0.05) is 5.41 Å². The van der Waals surface area contributed by atoms with Crippen LogP contribution in [0.5, 0.6) is 0 Å². The van der Waals surface area contributed by atoms with Crippen molar-refractivity contribution in [2.24, 2.45) is 50.2 Å². The van der Waals surface area contributed by atoms with Crippen molar-refractivity contribution in [3.05, 3.63) is 11.6 Å². The fourth-order valence-corrected chi connectivity index (χ4v) is 10.7. The van der Waals surface area contributed by atoms with Crippen molar-refractivity contribution in [3.63, 3.8) is 0 Å². The SMILES string of the molecule is CC1(C)CC[C@]2(C(=O)O)CC[C@]3(C)C(=CC[C@@H]4[C@]5(C)[C@@H](CC[C@]43C)C(C)(C)CC(O)C5(O)O)[C@@H]2C1.